The SMILES string of the molecule is CCC(CC)CC(NC)C(CC)(CC)OC. The zero-order valence-electron chi connectivity index (χ0n) is 12.1. The van der Waals surface area contributed by atoms with Crippen molar-refractivity contribution in [1.82, 2.24) is 5.32 Å². The zero-order chi connectivity index (χ0) is 12.6. The van der Waals surface area contributed by atoms with Crippen LogP contribution < -0.4 is 5.32 Å². The van der Waals surface area contributed by atoms with E-state index in [1.165, 1.54) is 19.3 Å². The van der Waals surface area contributed by atoms with Crippen LogP contribution in [0.5, 0.6) is 0 Å². The molecule has 0 aromatic heterocycles. The maximum Gasteiger partial charge on any atom is 0.0825 e. The number of nitrogens with one attached hydrogen (secondary N) is 1. The summed E-state index contributed by atoms with van der Waals surface area (Å²) in [7, 11) is 3.91. The summed E-state index contributed by atoms with van der Waals surface area (Å²) < 4.78 is 5.82. The Labute approximate surface area is 102 Å². The first-order valence-electron chi connectivity index (χ1n) is 6.86. The summed E-state index contributed by atoms with van der Waals surface area (Å²) in [5, 5.41) is 3.47. The van der Waals surface area contributed by atoms with Gasteiger partial charge in [0, 0.05) is 13.2 Å². The molecule has 0 saturated carbocycles. The van der Waals surface area contributed by atoms with Crippen LogP contribution in [0.2, 0.25) is 0 Å². The summed E-state index contributed by atoms with van der Waals surface area (Å²) in [5.74, 6) is 0.810. The second-order valence-electron chi connectivity index (χ2n) is 4.74. The normalized spacial score (nSPS) is 14.4. The molecule has 0 radical (unpaired) electrons. The van der Waals surface area contributed by atoms with E-state index in [2.05, 4.69) is 40.1 Å². The molecular formula is C14H31NO. The molecule has 0 rings (SSSR count). The molecule has 0 bridgehead atoms. The predicted molar refractivity (Wildman–Crippen MR) is 71.9 cm³/mol. The molecule has 98 valence electrons. The number of hydrogen-bond acceptors (Lipinski definition) is 2. The third kappa shape index (κ3) is 3.74. The molecule has 0 aliphatic carbocycles. The Kier molecular flexibility index (Phi) is 8.04. The molecule has 0 aromatic rings. The Morgan fingerprint density at radius 1 is 1.06 bits per heavy atom. The van der Waals surface area contributed by atoms with Crippen molar-refractivity contribution in [1.29, 1.82) is 0 Å². The molecule has 16 heavy (non-hydrogen) atoms. The fraction of sp³-hybridized carbons (Fsp3) is 1.00. The third-order valence-electron chi connectivity index (χ3n) is 4.31. The van der Waals surface area contributed by atoms with Gasteiger partial charge in [0.05, 0.1) is 5.60 Å². The van der Waals surface area contributed by atoms with Crippen LogP contribution in [0, 0.1) is 5.92 Å². The Morgan fingerprint density at radius 3 is 1.81 bits per heavy atom. The molecule has 0 spiro atoms. The molecule has 0 aliphatic heterocycles. The van der Waals surface area contributed by atoms with Crippen LogP contribution in [-0.2, 0) is 4.74 Å². The van der Waals surface area contributed by atoms with Crippen molar-refractivity contribution in [2.24, 2.45) is 5.92 Å². The first kappa shape index (κ1) is 15.9. The van der Waals surface area contributed by atoms with Crippen molar-refractivity contribution in [3.63, 3.8) is 0 Å². The third-order valence-corrected chi connectivity index (χ3v) is 4.31. The topological polar surface area (TPSA) is 21.3 Å². The zero-order valence-corrected chi connectivity index (χ0v) is 12.1. The predicted octanol–water partition coefficient (Wildman–Crippen LogP) is 3.61. The maximum absolute atomic E-state index is 5.82. The van der Waals surface area contributed by atoms with E-state index in [0.29, 0.717) is 6.04 Å². The van der Waals surface area contributed by atoms with Crippen molar-refractivity contribution in [3.05, 3.63) is 0 Å². The second-order valence-corrected chi connectivity index (χ2v) is 4.74. The Balaban J connectivity index is 4.66. The van der Waals surface area contributed by atoms with Gasteiger partial charge in [-0.25, -0.2) is 0 Å². The number of rotatable bonds is 9. The summed E-state index contributed by atoms with van der Waals surface area (Å²) in [5.41, 5.74) is 0.0113. The summed E-state index contributed by atoms with van der Waals surface area (Å²) in [6, 6.07) is 0.470. The van der Waals surface area contributed by atoms with Gasteiger partial charge >= 0.3 is 0 Å². The van der Waals surface area contributed by atoms with Crippen molar-refractivity contribution in [2.45, 2.75) is 71.4 Å². The highest BCUT2D eigenvalue weighted by atomic mass is 16.5. The van der Waals surface area contributed by atoms with Gasteiger partial charge in [-0.05, 0) is 32.2 Å². The van der Waals surface area contributed by atoms with E-state index < -0.39 is 0 Å². The van der Waals surface area contributed by atoms with E-state index in [0.717, 1.165) is 18.8 Å². The Hall–Kier alpha value is -0.0800. The summed E-state index contributed by atoms with van der Waals surface area (Å²) in [6.45, 7) is 9.02. The van der Waals surface area contributed by atoms with Crippen LogP contribution in [0.15, 0.2) is 0 Å². The number of hydrogen-bond donors (Lipinski definition) is 1. The molecule has 0 heterocycles. The Morgan fingerprint density at radius 2 is 1.56 bits per heavy atom. The lowest BCUT2D eigenvalue weighted by Gasteiger charge is -2.40. The quantitative estimate of drug-likeness (QED) is 0.652. The lowest BCUT2D eigenvalue weighted by Crippen LogP contribution is -2.51. The van der Waals surface area contributed by atoms with Crippen LogP contribution in [0.1, 0.15) is 59.8 Å². The molecule has 0 saturated heterocycles. The van der Waals surface area contributed by atoms with E-state index in [1.54, 1.807) is 0 Å². The molecule has 1 unspecified atom stereocenters. The van der Waals surface area contributed by atoms with Crippen LogP contribution in [0.25, 0.3) is 0 Å². The maximum atomic E-state index is 5.82. The summed E-state index contributed by atoms with van der Waals surface area (Å²) in [4.78, 5) is 0. The average Bonchev–Trinajstić information content (AvgIpc) is 2.35. The lowest BCUT2D eigenvalue weighted by atomic mass is 9.81. The molecule has 1 N–H and O–H groups in total. The van der Waals surface area contributed by atoms with E-state index in [-0.39, 0.29) is 5.60 Å². The van der Waals surface area contributed by atoms with Gasteiger partial charge < -0.3 is 10.1 Å². The van der Waals surface area contributed by atoms with Crippen molar-refractivity contribution in [2.75, 3.05) is 14.2 Å². The van der Waals surface area contributed by atoms with Gasteiger partial charge in [0.15, 0.2) is 0 Å². The second kappa shape index (κ2) is 8.08. The lowest BCUT2D eigenvalue weighted by molar-refractivity contribution is -0.0514. The fourth-order valence-corrected chi connectivity index (χ4v) is 2.72. The number of likely N-dealkylation sites (N-methyl/N-ethyl adjacent to an activating group) is 1. The van der Waals surface area contributed by atoms with Crippen molar-refractivity contribution >= 4 is 0 Å². The minimum Gasteiger partial charge on any atom is -0.377 e. The molecule has 1 atom stereocenters. The van der Waals surface area contributed by atoms with Gasteiger partial charge in [0.2, 0.25) is 0 Å². The van der Waals surface area contributed by atoms with E-state index in [1.807, 2.05) is 7.11 Å². The van der Waals surface area contributed by atoms with Crippen molar-refractivity contribution < 1.29 is 4.74 Å². The van der Waals surface area contributed by atoms with E-state index in [4.69, 9.17) is 4.74 Å². The van der Waals surface area contributed by atoms with Gasteiger partial charge in [0.25, 0.3) is 0 Å². The average molecular weight is 229 g/mol. The van der Waals surface area contributed by atoms with Gasteiger partial charge in [-0.15, -0.1) is 0 Å². The first-order chi connectivity index (χ1) is 7.63. The molecule has 0 fully saturated rings. The minimum absolute atomic E-state index is 0.0113. The molecule has 0 aliphatic rings. The molecule has 0 aromatic carbocycles. The molecule has 0 amide bonds. The van der Waals surface area contributed by atoms with Crippen LogP contribution in [0.4, 0.5) is 0 Å². The fourth-order valence-electron chi connectivity index (χ4n) is 2.72. The van der Waals surface area contributed by atoms with Gasteiger partial charge in [-0.2, -0.15) is 0 Å². The monoisotopic (exact) mass is 229 g/mol. The van der Waals surface area contributed by atoms with E-state index in [9.17, 15) is 0 Å². The van der Waals surface area contributed by atoms with Gasteiger partial charge in [0.1, 0.15) is 0 Å². The first-order valence-corrected chi connectivity index (χ1v) is 6.86. The molecule has 2 nitrogen and oxygen atoms in total. The molecule has 2 heteroatoms. The van der Waals surface area contributed by atoms with Crippen LogP contribution in [0.3, 0.4) is 0 Å². The Bertz CT molecular complexity index is 154. The summed E-state index contributed by atoms with van der Waals surface area (Å²) >= 11 is 0. The highest BCUT2D eigenvalue weighted by Crippen LogP contribution is 2.29. The highest BCUT2D eigenvalue weighted by Gasteiger charge is 2.35. The van der Waals surface area contributed by atoms with E-state index >= 15 is 0 Å². The minimum atomic E-state index is 0.0113. The number of methoxy groups -OCH3 is 1. The highest BCUT2D eigenvalue weighted by molar-refractivity contribution is 4.91. The van der Waals surface area contributed by atoms with Crippen LogP contribution in [-0.4, -0.2) is 25.8 Å². The smallest absolute Gasteiger partial charge is 0.0825 e. The molecular weight excluding hydrogens is 198 g/mol. The number of ether oxygens (including phenoxy) is 1. The summed E-state index contributed by atoms with van der Waals surface area (Å²) in [6.07, 6.45) is 5.90. The van der Waals surface area contributed by atoms with Gasteiger partial charge in [-0.3, -0.25) is 0 Å². The standard InChI is InChI=1S/C14H31NO/c1-7-12(8-2)11-13(15-5)14(9-3,10-4)16-6/h12-13,15H,7-11H2,1-6H3. The van der Waals surface area contributed by atoms with Gasteiger partial charge in [-0.1, -0.05) is 40.5 Å². The van der Waals surface area contributed by atoms with Crippen LogP contribution >= 0.6 is 0 Å². The van der Waals surface area contributed by atoms with Crippen molar-refractivity contribution in [3.8, 4) is 0 Å². The largest absolute Gasteiger partial charge is 0.377 e.